The first-order valence-corrected chi connectivity index (χ1v) is 5.01. The van der Waals surface area contributed by atoms with Gasteiger partial charge >= 0.3 is 0 Å². The Balaban J connectivity index is 2.04. The van der Waals surface area contributed by atoms with Crippen molar-refractivity contribution in [3.8, 4) is 0 Å². The van der Waals surface area contributed by atoms with Gasteiger partial charge in [-0.2, -0.15) is 0 Å². The van der Waals surface area contributed by atoms with Crippen LogP contribution in [0.5, 0.6) is 0 Å². The lowest BCUT2D eigenvalue weighted by molar-refractivity contribution is -0.153. The maximum Gasteiger partial charge on any atom is 0.236 e. The average Bonchev–Trinajstić information content (AvgIpc) is 2.21. The highest BCUT2D eigenvalue weighted by Crippen LogP contribution is 2.27. The second-order valence-electron chi connectivity index (χ2n) is 3.94. The van der Waals surface area contributed by atoms with E-state index < -0.39 is 5.41 Å². The van der Waals surface area contributed by atoms with Crippen molar-refractivity contribution in [2.75, 3.05) is 25.1 Å². The van der Waals surface area contributed by atoms with E-state index in [4.69, 9.17) is 10.5 Å². The molecule has 4 nitrogen and oxygen atoms in total. The molecular formula is C11H13FN2O2. The lowest BCUT2D eigenvalue weighted by atomic mass is 9.85. The molecule has 0 aliphatic carbocycles. The Morgan fingerprint density at radius 1 is 1.44 bits per heavy atom. The first kappa shape index (κ1) is 11.0. The number of hydrogen-bond donors (Lipinski definition) is 2. The average molecular weight is 224 g/mol. The Labute approximate surface area is 92.6 Å². The number of anilines is 1. The zero-order valence-corrected chi connectivity index (χ0v) is 8.70. The molecule has 0 saturated carbocycles. The predicted octanol–water partition coefficient (Wildman–Crippen LogP) is 0.739. The SMILES string of the molecule is NCC1(C(=O)Nc2ccc(F)cc2)COC1. The normalized spacial score (nSPS) is 17.6. The molecule has 0 unspecified atom stereocenters. The van der Waals surface area contributed by atoms with Gasteiger partial charge in [-0.25, -0.2) is 4.39 Å². The van der Waals surface area contributed by atoms with Crippen LogP contribution in [0.15, 0.2) is 24.3 Å². The van der Waals surface area contributed by atoms with Gasteiger partial charge in [-0.1, -0.05) is 0 Å². The third-order valence-electron chi connectivity index (χ3n) is 2.73. The molecule has 16 heavy (non-hydrogen) atoms. The van der Waals surface area contributed by atoms with Crippen LogP contribution >= 0.6 is 0 Å². The van der Waals surface area contributed by atoms with Gasteiger partial charge in [0.25, 0.3) is 0 Å². The summed E-state index contributed by atoms with van der Waals surface area (Å²) in [6, 6.07) is 5.61. The first-order chi connectivity index (χ1) is 7.66. The van der Waals surface area contributed by atoms with Crippen molar-refractivity contribution in [3.05, 3.63) is 30.1 Å². The highest BCUT2D eigenvalue weighted by atomic mass is 19.1. The summed E-state index contributed by atoms with van der Waals surface area (Å²) in [7, 11) is 0. The number of halogens is 1. The van der Waals surface area contributed by atoms with Crippen LogP contribution in [0.25, 0.3) is 0 Å². The van der Waals surface area contributed by atoms with Crippen molar-refractivity contribution in [2.45, 2.75) is 0 Å². The summed E-state index contributed by atoms with van der Waals surface area (Å²) in [5.41, 5.74) is 5.49. The third-order valence-corrected chi connectivity index (χ3v) is 2.73. The van der Waals surface area contributed by atoms with E-state index in [2.05, 4.69) is 5.32 Å². The molecule has 1 saturated heterocycles. The largest absolute Gasteiger partial charge is 0.379 e. The molecule has 2 rings (SSSR count). The Morgan fingerprint density at radius 2 is 2.06 bits per heavy atom. The Bertz CT molecular complexity index is 382. The topological polar surface area (TPSA) is 64.4 Å². The number of nitrogens with two attached hydrogens (primary N) is 1. The minimum atomic E-state index is -0.617. The summed E-state index contributed by atoms with van der Waals surface area (Å²) in [6.07, 6.45) is 0. The van der Waals surface area contributed by atoms with Gasteiger partial charge in [-0.15, -0.1) is 0 Å². The quantitative estimate of drug-likeness (QED) is 0.795. The van der Waals surface area contributed by atoms with Gasteiger partial charge in [0.2, 0.25) is 5.91 Å². The van der Waals surface area contributed by atoms with Crippen LogP contribution in [0.3, 0.4) is 0 Å². The van der Waals surface area contributed by atoms with Crippen LogP contribution < -0.4 is 11.1 Å². The van der Waals surface area contributed by atoms with Crippen molar-refractivity contribution in [2.24, 2.45) is 11.1 Å². The summed E-state index contributed by atoms with van der Waals surface area (Å²) in [5.74, 6) is -0.508. The fourth-order valence-electron chi connectivity index (χ4n) is 1.49. The van der Waals surface area contributed by atoms with Crippen molar-refractivity contribution >= 4 is 11.6 Å². The fraction of sp³-hybridized carbons (Fsp3) is 0.364. The number of carbonyl (C=O) groups is 1. The van der Waals surface area contributed by atoms with Crippen molar-refractivity contribution in [3.63, 3.8) is 0 Å². The van der Waals surface area contributed by atoms with Gasteiger partial charge in [0.1, 0.15) is 11.2 Å². The smallest absolute Gasteiger partial charge is 0.236 e. The van der Waals surface area contributed by atoms with Crippen LogP contribution in [0, 0.1) is 11.2 Å². The van der Waals surface area contributed by atoms with Crippen LogP contribution in [0.2, 0.25) is 0 Å². The maximum atomic E-state index is 12.6. The Kier molecular flexibility index (Phi) is 2.89. The van der Waals surface area contributed by atoms with Crippen molar-refractivity contribution in [1.82, 2.24) is 0 Å². The van der Waals surface area contributed by atoms with E-state index in [1.807, 2.05) is 0 Å². The van der Waals surface area contributed by atoms with Gasteiger partial charge in [0.05, 0.1) is 13.2 Å². The van der Waals surface area contributed by atoms with Crippen molar-refractivity contribution in [1.29, 1.82) is 0 Å². The molecule has 1 aliphatic heterocycles. The molecule has 5 heteroatoms. The molecule has 1 aromatic carbocycles. The molecular weight excluding hydrogens is 211 g/mol. The fourth-order valence-corrected chi connectivity index (χ4v) is 1.49. The van der Waals surface area contributed by atoms with E-state index in [1.165, 1.54) is 24.3 Å². The van der Waals surface area contributed by atoms with Crippen LogP contribution in [0.4, 0.5) is 10.1 Å². The molecule has 0 atom stereocenters. The van der Waals surface area contributed by atoms with E-state index in [-0.39, 0.29) is 18.3 Å². The Hall–Kier alpha value is -1.46. The van der Waals surface area contributed by atoms with E-state index in [0.717, 1.165) is 0 Å². The number of ether oxygens (including phenoxy) is 1. The second-order valence-corrected chi connectivity index (χ2v) is 3.94. The third kappa shape index (κ3) is 1.91. The van der Waals surface area contributed by atoms with Crippen LogP contribution in [-0.4, -0.2) is 25.7 Å². The number of benzene rings is 1. The number of nitrogens with one attached hydrogen (secondary N) is 1. The monoisotopic (exact) mass is 224 g/mol. The van der Waals surface area contributed by atoms with Crippen molar-refractivity contribution < 1.29 is 13.9 Å². The predicted molar refractivity (Wildman–Crippen MR) is 57.3 cm³/mol. The van der Waals surface area contributed by atoms with Crippen LogP contribution in [0.1, 0.15) is 0 Å². The van der Waals surface area contributed by atoms with Gasteiger partial charge < -0.3 is 15.8 Å². The summed E-state index contributed by atoms with van der Waals surface area (Å²) in [5, 5.41) is 2.70. The van der Waals surface area contributed by atoms with Gasteiger partial charge in [0, 0.05) is 12.2 Å². The lowest BCUT2D eigenvalue weighted by Crippen LogP contribution is -2.56. The minimum Gasteiger partial charge on any atom is -0.379 e. The number of rotatable bonds is 3. The van der Waals surface area contributed by atoms with E-state index in [0.29, 0.717) is 18.9 Å². The van der Waals surface area contributed by atoms with Gasteiger partial charge in [0.15, 0.2) is 0 Å². The Morgan fingerprint density at radius 3 is 2.50 bits per heavy atom. The molecule has 1 heterocycles. The zero-order valence-electron chi connectivity index (χ0n) is 8.70. The van der Waals surface area contributed by atoms with E-state index >= 15 is 0 Å². The molecule has 3 N–H and O–H groups in total. The molecule has 1 aliphatic rings. The molecule has 86 valence electrons. The summed E-state index contributed by atoms with van der Waals surface area (Å²) < 4.78 is 17.7. The minimum absolute atomic E-state index is 0.173. The zero-order chi connectivity index (χ0) is 11.6. The molecule has 1 aromatic rings. The molecule has 1 amide bonds. The van der Waals surface area contributed by atoms with E-state index in [9.17, 15) is 9.18 Å². The number of carbonyl (C=O) groups excluding carboxylic acids is 1. The molecule has 0 aromatic heterocycles. The standard InChI is InChI=1S/C11H13FN2O2/c12-8-1-3-9(4-2-8)14-10(15)11(5-13)6-16-7-11/h1-4H,5-7,13H2,(H,14,15). The first-order valence-electron chi connectivity index (χ1n) is 5.01. The number of hydrogen-bond acceptors (Lipinski definition) is 3. The molecule has 0 bridgehead atoms. The molecule has 0 radical (unpaired) electrons. The summed E-state index contributed by atoms with van der Waals surface area (Å²) in [6.45, 7) is 0.938. The van der Waals surface area contributed by atoms with Gasteiger partial charge in [-0.05, 0) is 24.3 Å². The summed E-state index contributed by atoms with van der Waals surface area (Å²) in [4.78, 5) is 11.9. The van der Waals surface area contributed by atoms with E-state index in [1.54, 1.807) is 0 Å². The highest BCUT2D eigenvalue weighted by Gasteiger charge is 2.44. The highest BCUT2D eigenvalue weighted by molar-refractivity contribution is 5.96. The molecule has 0 spiro atoms. The van der Waals surface area contributed by atoms with Gasteiger partial charge in [-0.3, -0.25) is 4.79 Å². The lowest BCUT2D eigenvalue weighted by Gasteiger charge is -2.38. The van der Waals surface area contributed by atoms with Crippen LogP contribution in [-0.2, 0) is 9.53 Å². The maximum absolute atomic E-state index is 12.6. The number of amides is 1. The molecule has 1 fully saturated rings. The summed E-state index contributed by atoms with van der Waals surface area (Å²) >= 11 is 0. The second kappa shape index (κ2) is 4.19.